The summed E-state index contributed by atoms with van der Waals surface area (Å²) in [6.07, 6.45) is 6.58. The third-order valence-corrected chi connectivity index (χ3v) is 1.35. The van der Waals surface area contributed by atoms with Crippen LogP contribution < -0.4 is 34.7 Å². The van der Waals surface area contributed by atoms with E-state index in [4.69, 9.17) is 5.11 Å². The van der Waals surface area contributed by atoms with Crippen molar-refractivity contribution < 1.29 is 54.8 Å². The zero-order chi connectivity index (χ0) is 12.7. The fourth-order valence-corrected chi connectivity index (χ4v) is 0.779. The monoisotopic (exact) mass is 282 g/mol. The van der Waals surface area contributed by atoms with Gasteiger partial charge in [-0.3, -0.25) is 0 Å². The second-order valence-electron chi connectivity index (χ2n) is 3.40. The van der Waals surface area contributed by atoms with Crippen molar-refractivity contribution in [3.05, 3.63) is 35.4 Å². The van der Waals surface area contributed by atoms with Crippen LogP contribution in [-0.4, -0.2) is 41.3 Å². The smallest absolute Gasteiger partial charge is 0.870 e. The molecule has 2 N–H and O–H groups in total. The Morgan fingerprint density at radius 3 is 1.89 bits per heavy atom. The zero-order valence-electron chi connectivity index (χ0n) is 10.8. The molecule has 0 saturated heterocycles. The largest absolute Gasteiger partial charge is 1.00 e. The standard InChI is InChI=1S/C8H6O4.C3H9S.Na.H2O/c9-7(10)5-2-1-3-6(4-5)8(11)12;1-4(2)3;;/h1-4H,(H,9,10)(H,11,12);1-3H3;;1H2/q;2*+1;/p-2. The summed E-state index contributed by atoms with van der Waals surface area (Å²) in [6, 6.07) is 5.00. The Morgan fingerprint density at radius 1 is 1.17 bits per heavy atom. The van der Waals surface area contributed by atoms with Crippen LogP contribution in [0.1, 0.15) is 20.7 Å². The molecule has 0 heterocycles. The summed E-state index contributed by atoms with van der Waals surface area (Å²) in [6.45, 7) is 0. The molecule has 0 fully saturated rings. The second-order valence-corrected chi connectivity index (χ2v) is 5.85. The number of carboxylic acids is 2. The van der Waals surface area contributed by atoms with Crippen molar-refractivity contribution in [2.45, 2.75) is 0 Å². The Morgan fingerprint density at radius 2 is 1.56 bits per heavy atom. The van der Waals surface area contributed by atoms with Crippen LogP contribution in [-0.2, 0) is 10.9 Å². The van der Waals surface area contributed by atoms with Crippen LogP contribution in [0.2, 0.25) is 0 Å². The molecule has 0 aliphatic rings. The molecule has 0 atom stereocenters. The molecule has 7 heteroatoms. The van der Waals surface area contributed by atoms with Crippen LogP contribution in [0, 0.1) is 0 Å². The van der Waals surface area contributed by atoms with Crippen LogP contribution >= 0.6 is 0 Å². The number of hydrogen-bond donors (Lipinski definition) is 1. The molecule has 0 radical (unpaired) electrons. The molecule has 0 amide bonds. The Kier molecular flexibility index (Phi) is 14.5. The summed E-state index contributed by atoms with van der Waals surface area (Å²) < 4.78 is 0. The van der Waals surface area contributed by atoms with Crippen LogP contribution in [0.4, 0.5) is 0 Å². The van der Waals surface area contributed by atoms with Gasteiger partial charge >= 0.3 is 35.5 Å². The summed E-state index contributed by atoms with van der Waals surface area (Å²) in [5.74, 6) is -2.53. The van der Waals surface area contributed by atoms with Crippen molar-refractivity contribution in [1.82, 2.24) is 0 Å². The average molecular weight is 282 g/mol. The van der Waals surface area contributed by atoms with Crippen LogP contribution in [0.25, 0.3) is 0 Å². The first-order valence-corrected chi connectivity index (χ1v) is 6.83. The van der Waals surface area contributed by atoms with E-state index in [0.717, 1.165) is 6.07 Å². The van der Waals surface area contributed by atoms with E-state index in [0.29, 0.717) is 10.9 Å². The summed E-state index contributed by atoms with van der Waals surface area (Å²) in [5, 5.41) is 18.7. The molecule has 0 aromatic heterocycles. The predicted molar refractivity (Wildman–Crippen MR) is 64.8 cm³/mol. The maximum Gasteiger partial charge on any atom is 1.00 e. The SMILES string of the molecule is C[S+](C)C.O=C([O-])c1cccc(C(=O)O)c1.[Na+].[OH-]. The van der Waals surface area contributed by atoms with Gasteiger partial charge in [0, 0.05) is 0 Å². The molecule has 0 aliphatic carbocycles. The van der Waals surface area contributed by atoms with E-state index in [-0.39, 0.29) is 46.2 Å². The molecular formula is C11H15NaO5S. The number of carboxylic acid groups (broad SMARTS) is 2. The van der Waals surface area contributed by atoms with Crippen molar-refractivity contribution in [2.75, 3.05) is 18.8 Å². The molecule has 0 spiro atoms. The van der Waals surface area contributed by atoms with Gasteiger partial charge in [0.25, 0.3) is 0 Å². The minimum absolute atomic E-state index is 0. The summed E-state index contributed by atoms with van der Waals surface area (Å²) in [7, 11) is 0.639. The topological polar surface area (TPSA) is 107 Å². The van der Waals surface area contributed by atoms with Crippen molar-refractivity contribution >= 4 is 22.8 Å². The van der Waals surface area contributed by atoms with Gasteiger partial charge in [0.05, 0.1) is 30.3 Å². The third kappa shape index (κ3) is 10.6. The molecule has 1 rings (SSSR count). The maximum absolute atomic E-state index is 10.4. The van der Waals surface area contributed by atoms with Gasteiger partial charge in [-0.05, 0) is 28.6 Å². The van der Waals surface area contributed by atoms with Crippen LogP contribution in [0.3, 0.4) is 0 Å². The van der Waals surface area contributed by atoms with Crippen molar-refractivity contribution in [3.8, 4) is 0 Å². The summed E-state index contributed by atoms with van der Waals surface area (Å²) >= 11 is 0. The minimum atomic E-state index is -1.38. The number of rotatable bonds is 2. The Hall–Kier alpha value is -0.530. The molecule has 1 aromatic rings. The first kappa shape index (κ1) is 22.6. The average Bonchev–Trinajstić information content (AvgIpc) is 2.17. The fourth-order valence-electron chi connectivity index (χ4n) is 0.779. The number of carbonyl (C=O) groups is 2. The van der Waals surface area contributed by atoms with Gasteiger partial charge in [0.2, 0.25) is 0 Å². The van der Waals surface area contributed by atoms with Crippen LogP contribution in [0.5, 0.6) is 0 Å². The molecule has 18 heavy (non-hydrogen) atoms. The summed E-state index contributed by atoms with van der Waals surface area (Å²) in [5.41, 5.74) is -0.188. The molecule has 0 aliphatic heterocycles. The van der Waals surface area contributed by atoms with Gasteiger partial charge in [0.15, 0.2) is 0 Å². The van der Waals surface area contributed by atoms with Crippen molar-refractivity contribution in [2.24, 2.45) is 0 Å². The molecule has 0 saturated carbocycles. The van der Waals surface area contributed by atoms with Crippen molar-refractivity contribution in [1.29, 1.82) is 0 Å². The number of benzene rings is 1. The van der Waals surface area contributed by atoms with E-state index in [9.17, 15) is 14.7 Å². The van der Waals surface area contributed by atoms with E-state index in [1.54, 1.807) is 0 Å². The Balaban J connectivity index is -0.000000332. The van der Waals surface area contributed by atoms with E-state index in [2.05, 4.69) is 18.8 Å². The maximum atomic E-state index is 10.4. The minimum Gasteiger partial charge on any atom is -0.870 e. The van der Waals surface area contributed by atoms with Crippen molar-refractivity contribution in [3.63, 3.8) is 0 Å². The van der Waals surface area contributed by atoms with Gasteiger partial charge in [-0.1, -0.05) is 12.1 Å². The van der Waals surface area contributed by atoms with E-state index in [1.165, 1.54) is 18.2 Å². The Labute approximate surface area is 131 Å². The first-order chi connectivity index (χ1) is 7.34. The predicted octanol–water partition coefficient (Wildman–Crippen LogP) is -2.93. The third-order valence-electron chi connectivity index (χ3n) is 1.35. The quantitative estimate of drug-likeness (QED) is 0.461. The number of aromatic carboxylic acids is 2. The van der Waals surface area contributed by atoms with E-state index < -0.39 is 11.9 Å². The normalized spacial score (nSPS) is 8.22. The van der Waals surface area contributed by atoms with E-state index >= 15 is 0 Å². The molecular weight excluding hydrogens is 267 g/mol. The fraction of sp³-hybridized carbons (Fsp3) is 0.273. The number of hydrogen-bond acceptors (Lipinski definition) is 4. The molecule has 96 valence electrons. The van der Waals surface area contributed by atoms with Gasteiger partial charge in [-0.2, -0.15) is 0 Å². The molecule has 5 nitrogen and oxygen atoms in total. The first-order valence-electron chi connectivity index (χ1n) is 4.38. The molecule has 0 bridgehead atoms. The second kappa shape index (κ2) is 11.6. The zero-order valence-corrected chi connectivity index (χ0v) is 13.7. The van der Waals surface area contributed by atoms with Gasteiger partial charge in [-0.15, -0.1) is 0 Å². The number of carbonyl (C=O) groups excluding carboxylic acids is 1. The van der Waals surface area contributed by atoms with Gasteiger partial charge in [0.1, 0.15) is 0 Å². The van der Waals surface area contributed by atoms with E-state index in [1.807, 2.05) is 0 Å². The van der Waals surface area contributed by atoms with Crippen LogP contribution in [0.15, 0.2) is 24.3 Å². The van der Waals surface area contributed by atoms with Gasteiger partial charge < -0.3 is 20.5 Å². The van der Waals surface area contributed by atoms with Gasteiger partial charge in [-0.25, -0.2) is 4.79 Å². The molecule has 0 unspecified atom stereocenters. The Bertz CT molecular complexity index is 349. The summed E-state index contributed by atoms with van der Waals surface area (Å²) in [4.78, 5) is 20.6. The molecule has 1 aromatic carbocycles.